The van der Waals surface area contributed by atoms with Crippen LogP contribution in [0.3, 0.4) is 0 Å². The smallest absolute Gasteiger partial charge is 0.326 e. The Balaban J connectivity index is 4.20. The van der Waals surface area contributed by atoms with Gasteiger partial charge in [-0.2, -0.15) is 0 Å². The van der Waals surface area contributed by atoms with Crippen molar-refractivity contribution in [2.75, 3.05) is 0 Å². The normalized spacial score (nSPS) is 13.3. The highest BCUT2D eigenvalue weighted by atomic mass is 16.4. The molecule has 16 heavy (non-hydrogen) atoms. The zero-order chi connectivity index (χ0) is 12.6. The summed E-state index contributed by atoms with van der Waals surface area (Å²) in [5.74, 6) is 1.36. The number of aliphatic carboxylic acids is 1. The van der Waals surface area contributed by atoms with E-state index >= 15 is 0 Å². The van der Waals surface area contributed by atoms with Gasteiger partial charge in [-0.25, -0.2) is 9.59 Å². The van der Waals surface area contributed by atoms with Gasteiger partial charge in [-0.3, -0.25) is 0 Å². The minimum absolute atomic E-state index is 0.365. The second-order valence-electron chi connectivity index (χ2n) is 3.42. The van der Waals surface area contributed by atoms with Gasteiger partial charge in [-0.1, -0.05) is 26.2 Å². The van der Waals surface area contributed by atoms with Crippen molar-refractivity contribution >= 4 is 12.0 Å². The number of carboxylic acid groups (broad SMARTS) is 1. The predicted octanol–water partition coefficient (Wildman–Crippen LogP) is 0.951. The highest BCUT2D eigenvalue weighted by Crippen LogP contribution is 1.97. The van der Waals surface area contributed by atoms with Crippen LogP contribution in [0, 0.1) is 12.3 Å². The molecule has 0 aliphatic carbocycles. The lowest BCUT2D eigenvalue weighted by Crippen LogP contribution is -2.48. The second kappa shape index (κ2) is 7.57. The molecule has 0 aromatic heterocycles. The van der Waals surface area contributed by atoms with Crippen LogP contribution in [0.15, 0.2) is 0 Å². The van der Waals surface area contributed by atoms with Gasteiger partial charge in [0.25, 0.3) is 0 Å². The maximum Gasteiger partial charge on any atom is 0.326 e. The van der Waals surface area contributed by atoms with Gasteiger partial charge in [0.1, 0.15) is 6.04 Å². The fraction of sp³-hybridized carbons (Fsp3) is 0.636. The maximum absolute atomic E-state index is 11.4. The highest BCUT2D eigenvalue weighted by Gasteiger charge is 2.19. The van der Waals surface area contributed by atoms with Gasteiger partial charge >= 0.3 is 12.0 Å². The average Bonchev–Trinajstić information content (AvgIpc) is 2.25. The van der Waals surface area contributed by atoms with E-state index in [1.54, 1.807) is 0 Å². The summed E-state index contributed by atoms with van der Waals surface area (Å²) < 4.78 is 0. The number of carboxylic acids is 1. The first-order valence-electron chi connectivity index (χ1n) is 5.31. The van der Waals surface area contributed by atoms with Gasteiger partial charge in [0.15, 0.2) is 0 Å². The van der Waals surface area contributed by atoms with E-state index in [2.05, 4.69) is 16.6 Å². The van der Waals surface area contributed by atoms with Gasteiger partial charge in [-0.05, 0) is 12.8 Å². The number of carbonyl (C=O) groups is 2. The molecule has 2 atom stereocenters. The summed E-state index contributed by atoms with van der Waals surface area (Å²) in [5.41, 5.74) is 0. The largest absolute Gasteiger partial charge is 0.480 e. The number of hydrogen-bond donors (Lipinski definition) is 3. The third-order valence-electron chi connectivity index (χ3n) is 2.10. The Labute approximate surface area is 95.6 Å². The molecule has 5 heteroatoms. The van der Waals surface area contributed by atoms with Crippen LogP contribution in [0.5, 0.6) is 0 Å². The summed E-state index contributed by atoms with van der Waals surface area (Å²) in [7, 11) is 0. The Hall–Kier alpha value is -1.70. The SMILES string of the molecule is C#CC(CC)NC(=O)N[C@@H](CCC)C(=O)O. The molecule has 0 heterocycles. The Morgan fingerprint density at radius 2 is 2.00 bits per heavy atom. The van der Waals surface area contributed by atoms with Gasteiger partial charge < -0.3 is 15.7 Å². The lowest BCUT2D eigenvalue weighted by atomic mass is 10.2. The fourth-order valence-corrected chi connectivity index (χ4v) is 1.17. The number of hydrogen-bond acceptors (Lipinski definition) is 2. The van der Waals surface area contributed by atoms with Gasteiger partial charge in [0.2, 0.25) is 0 Å². The Bertz CT molecular complexity index is 283. The van der Waals surface area contributed by atoms with E-state index in [0.717, 1.165) is 0 Å². The molecule has 90 valence electrons. The Kier molecular flexibility index (Phi) is 6.77. The third-order valence-corrected chi connectivity index (χ3v) is 2.10. The van der Waals surface area contributed by atoms with Gasteiger partial charge in [0, 0.05) is 0 Å². The van der Waals surface area contributed by atoms with Crippen LogP contribution < -0.4 is 10.6 Å². The van der Waals surface area contributed by atoms with Crippen molar-refractivity contribution in [1.82, 2.24) is 10.6 Å². The summed E-state index contributed by atoms with van der Waals surface area (Å²) >= 11 is 0. The quantitative estimate of drug-likeness (QED) is 0.590. The average molecular weight is 226 g/mol. The van der Waals surface area contributed by atoms with Crippen molar-refractivity contribution in [3.63, 3.8) is 0 Å². The molecule has 0 aliphatic rings. The first-order valence-corrected chi connectivity index (χ1v) is 5.31. The maximum atomic E-state index is 11.4. The van der Waals surface area contributed by atoms with E-state index in [0.29, 0.717) is 19.3 Å². The van der Waals surface area contributed by atoms with Crippen LogP contribution in [0.4, 0.5) is 4.79 Å². The molecule has 0 rings (SSSR count). The fourth-order valence-electron chi connectivity index (χ4n) is 1.17. The summed E-state index contributed by atoms with van der Waals surface area (Å²) in [6.45, 7) is 3.69. The van der Waals surface area contributed by atoms with Crippen molar-refractivity contribution in [3.8, 4) is 12.3 Å². The molecule has 2 amide bonds. The van der Waals surface area contributed by atoms with Crippen molar-refractivity contribution < 1.29 is 14.7 Å². The number of amides is 2. The van der Waals surface area contributed by atoms with Gasteiger partial charge in [-0.15, -0.1) is 6.42 Å². The topological polar surface area (TPSA) is 78.4 Å². The minimum Gasteiger partial charge on any atom is -0.480 e. The molecule has 0 saturated carbocycles. The predicted molar refractivity (Wildman–Crippen MR) is 60.9 cm³/mol. The van der Waals surface area contributed by atoms with Crippen LogP contribution >= 0.6 is 0 Å². The number of terminal acetylenes is 1. The van der Waals surface area contributed by atoms with E-state index < -0.39 is 18.0 Å². The third kappa shape index (κ3) is 5.25. The number of rotatable bonds is 6. The summed E-state index contributed by atoms with van der Waals surface area (Å²) in [5, 5.41) is 13.7. The summed E-state index contributed by atoms with van der Waals surface area (Å²) in [4.78, 5) is 22.1. The van der Waals surface area contributed by atoms with Crippen LogP contribution in [-0.4, -0.2) is 29.2 Å². The van der Waals surface area contributed by atoms with Crippen LogP contribution in [-0.2, 0) is 4.79 Å². The molecule has 5 nitrogen and oxygen atoms in total. The van der Waals surface area contributed by atoms with Crippen molar-refractivity contribution in [3.05, 3.63) is 0 Å². The van der Waals surface area contributed by atoms with Crippen LogP contribution in [0.2, 0.25) is 0 Å². The molecule has 0 bridgehead atoms. The van der Waals surface area contributed by atoms with Crippen LogP contribution in [0.1, 0.15) is 33.1 Å². The van der Waals surface area contributed by atoms with E-state index in [1.807, 2.05) is 13.8 Å². The Morgan fingerprint density at radius 3 is 2.38 bits per heavy atom. The molecule has 0 spiro atoms. The number of carbonyl (C=O) groups excluding carboxylic acids is 1. The summed E-state index contributed by atoms with van der Waals surface area (Å²) in [6.07, 6.45) is 6.86. The van der Waals surface area contributed by atoms with Crippen molar-refractivity contribution in [1.29, 1.82) is 0 Å². The lowest BCUT2D eigenvalue weighted by Gasteiger charge is -2.16. The standard InChI is InChI=1S/C11H18N2O3/c1-4-7-9(10(14)15)13-11(16)12-8(5-2)6-3/h2,8-9H,4,6-7H2,1,3H3,(H,14,15)(H2,12,13,16)/t8?,9-/m0/s1. The first-order chi connectivity index (χ1) is 7.54. The molecular formula is C11H18N2O3. The molecular weight excluding hydrogens is 208 g/mol. The first kappa shape index (κ1) is 14.3. The minimum atomic E-state index is -1.04. The van der Waals surface area contributed by atoms with E-state index in [9.17, 15) is 9.59 Å². The molecule has 0 aliphatic heterocycles. The zero-order valence-electron chi connectivity index (χ0n) is 9.62. The molecule has 0 fully saturated rings. The van der Waals surface area contributed by atoms with E-state index in [1.165, 1.54) is 0 Å². The zero-order valence-corrected chi connectivity index (χ0v) is 9.62. The van der Waals surface area contributed by atoms with E-state index in [4.69, 9.17) is 11.5 Å². The van der Waals surface area contributed by atoms with Crippen LogP contribution in [0.25, 0.3) is 0 Å². The molecule has 0 aromatic carbocycles. The second-order valence-corrected chi connectivity index (χ2v) is 3.42. The number of urea groups is 1. The summed E-state index contributed by atoms with van der Waals surface area (Å²) in [6, 6.07) is -1.76. The molecule has 0 radical (unpaired) electrons. The Morgan fingerprint density at radius 1 is 1.38 bits per heavy atom. The van der Waals surface area contributed by atoms with Gasteiger partial charge in [0.05, 0.1) is 6.04 Å². The lowest BCUT2D eigenvalue weighted by molar-refractivity contribution is -0.139. The molecule has 0 aromatic rings. The molecule has 1 unspecified atom stereocenters. The highest BCUT2D eigenvalue weighted by molar-refractivity contribution is 5.82. The molecule has 0 saturated heterocycles. The van der Waals surface area contributed by atoms with Crippen molar-refractivity contribution in [2.24, 2.45) is 0 Å². The molecule has 3 N–H and O–H groups in total. The van der Waals surface area contributed by atoms with E-state index in [-0.39, 0.29) is 6.04 Å². The monoisotopic (exact) mass is 226 g/mol. The number of nitrogens with one attached hydrogen (secondary N) is 2. The van der Waals surface area contributed by atoms with Crippen molar-refractivity contribution in [2.45, 2.75) is 45.2 Å².